The predicted molar refractivity (Wildman–Crippen MR) is 139 cm³/mol. The smallest absolute Gasteiger partial charge is 0.270 e. The molecule has 2 heterocycles. The zero-order chi connectivity index (χ0) is 25.2. The molecule has 1 aromatic heterocycles. The Morgan fingerprint density at radius 1 is 1.03 bits per heavy atom. The summed E-state index contributed by atoms with van der Waals surface area (Å²) in [5, 5.41) is 3.70. The number of hydrogen-bond acceptors (Lipinski definition) is 3. The van der Waals surface area contributed by atoms with Crippen molar-refractivity contribution >= 4 is 22.7 Å². The number of hydrogen-bond donors (Lipinski definition) is 2. The highest BCUT2D eigenvalue weighted by Crippen LogP contribution is 2.28. The number of halogens is 1. The van der Waals surface area contributed by atoms with E-state index in [2.05, 4.69) is 15.2 Å². The SMILES string of the molecule is CNC(=O)[C@@H]1C[C@H](N(C)C(=O)c2cc3ccc(-c4ccc(F)cc4)cc3[nH]2)CN1Cc1ccccc1. The third kappa shape index (κ3) is 4.75. The Balaban J connectivity index is 1.34. The second kappa shape index (κ2) is 9.95. The number of nitrogens with one attached hydrogen (secondary N) is 2. The summed E-state index contributed by atoms with van der Waals surface area (Å²) < 4.78 is 13.3. The number of likely N-dealkylation sites (tertiary alicyclic amines) is 1. The second-order valence-electron chi connectivity index (χ2n) is 9.34. The minimum absolute atomic E-state index is 0.0341. The fraction of sp³-hybridized carbons (Fsp3) is 0.241. The minimum Gasteiger partial charge on any atom is -0.358 e. The molecule has 184 valence electrons. The first-order valence-corrected chi connectivity index (χ1v) is 12.1. The van der Waals surface area contributed by atoms with Gasteiger partial charge in [0.1, 0.15) is 11.5 Å². The van der Waals surface area contributed by atoms with Crippen LogP contribution in [0.2, 0.25) is 0 Å². The Morgan fingerprint density at radius 3 is 2.47 bits per heavy atom. The monoisotopic (exact) mass is 484 g/mol. The Morgan fingerprint density at radius 2 is 1.75 bits per heavy atom. The van der Waals surface area contributed by atoms with Gasteiger partial charge in [-0.05, 0) is 47.4 Å². The van der Waals surface area contributed by atoms with Gasteiger partial charge >= 0.3 is 0 Å². The van der Waals surface area contributed by atoms with Gasteiger partial charge in [-0.25, -0.2) is 4.39 Å². The van der Waals surface area contributed by atoms with Gasteiger partial charge in [0.15, 0.2) is 0 Å². The van der Waals surface area contributed by atoms with E-state index in [0.29, 0.717) is 25.2 Å². The molecule has 7 heteroatoms. The lowest BCUT2D eigenvalue weighted by molar-refractivity contribution is -0.125. The van der Waals surface area contributed by atoms with Crippen molar-refractivity contribution in [3.8, 4) is 11.1 Å². The van der Waals surface area contributed by atoms with Crippen molar-refractivity contribution in [3.05, 3.63) is 95.9 Å². The molecule has 0 unspecified atom stereocenters. The molecule has 0 spiro atoms. The number of benzene rings is 3. The molecule has 2 atom stereocenters. The van der Waals surface area contributed by atoms with Crippen molar-refractivity contribution in [2.24, 2.45) is 0 Å². The summed E-state index contributed by atoms with van der Waals surface area (Å²) in [6.45, 7) is 1.26. The van der Waals surface area contributed by atoms with Crippen LogP contribution in [0, 0.1) is 5.82 Å². The Bertz CT molecular complexity index is 1380. The summed E-state index contributed by atoms with van der Waals surface area (Å²) in [6.07, 6.45) is 0.573. The number of carbonyl (C=O) groups excluding carboxylic acids is 2. The third-order valence-electron chi connectivity index (χ3n) is 7.06. The lowest BCUT2D eigenvalue weighted by Gasteiger charge is -2.25. The standard InChI is InChI=1S/C29H29FN4O2/c1-31-28(35)27-16-24(18-34(27)17-19-6-4-3-5-7-19)33(2)29(36)26-15-22-9-8-21(14-25(22)32-26)20-10-12-23(30)13-11-20/h3-15,24,27,32H,16-18H2,1-2H3,(H,31,35)/t24-,27-/m0/s1. The van der Waals surface area contributed by atoms with E-state index in [1.165, 1.54) is 12.1 Å². The molecule has 0 bridgehead atoms. The maximum Gasteiger partial charge on any atom is 0.270 e. The van der Waals surface area contributed by atoms with Gasteiger partial charge in [-0.2, -0.15) is 0 Å². The van der Waals surface area contributed by atoms with E-state index >= 15 is 0 Å². The lowest BCUT2D eigenvalue weighted by atomic mass is 10.0. The molecule has 1 aliphatic rings. The molecule has 0 radical (unpaired) electrons. The third-order valence-corrected chi connectivity index (χ3v) is 7.06. The van der Waals surface area contributed by atoms with Crippen LogP contribution < -0.4 is 5.32 Å². The quantitative estimate of drug-likeness (QED) is 0.425. The normalized spacial score (nSPS) is 17.9. The summed E-state index contributed by atoms with van der Waals surface area (Å²) in [7, 11) is 3.45. The van der Waals surface area contributed by atoms with Crippen LogP contribution in [0.4, 0.5) is 4.39 Å². The van der Waals surface area contributed by atoms with E-state index in [4.69, 9.17) is 0 Å². The maximum atomic E-state index is 13.4. The molecule has 0 aliphatic carbocycles. The molecular formula is C29H29FN4O2. The molecule has 3 aromatic carbocycles. The van der Waals surface area contributed by atoms with Gasteiger partial charge in [0.25, 0.3) is 5.91 Å². The average Bonchev–Trinajstić information content (AvgIpc) is 3.52. The Hall–Kier alpha value is -3.97. The van der Waals surface area contributed by atoms with Crippen LogP contribution in [-0.2, 0) is 11.3 Å². The van der Waals surface area contributed by atoms with E-state index in [1.807, 2.05) is 54.6 Å². The van der Waals surface area contributed by atoms with Crippen LogP contribution in [0.15, 0.2) is 78.9 Å². The molecule has 1 saturated heterocycles. The largest absolute Gasteiger partial charge is 0.358 e. The van der Waals surface area contributed by atoms with Crippen LogP contribution in [0.25, 0.3) is 22.0 Å². The van der Waals surface area contributed by atoms with Crippen molar-refractivity contribution in [2.75, 3.05) is 20.6 Å². The number of amides is 2. The summed E-state index contributed by atoms with van der Waals surface area (Å²) in [4.78, 5) is 33.2. The molecule has 2 amide bonds. The zero-order valence-electron chi connectivity index (χ0n) is 20.4. The number of likely N-dealkylation sites (N-methyl/N-ethyl adjacent to an activating group) is 2. The first-order chi connectivity index (χ1) is 17.4. The van der Waals surface area contributed by atoms with E-state index in [-0.39, 0.29) is 29.7 Å². The molecule has 4 aromatic rings. The lowest BCUT2D eigenvalue weighted by Crippen LogP contribution is -2.41. The van der Waals surface area contributed by atoms with Gasteiger partial charge < -0.3 is 15.2 Å². The van der Waals surface area contributed by atoms with Gasteiger partial charge in [0.2, 0.25) is 5.91 Å². The van der Waals surface area contributed by atoms with Gasteiger partial charge in [0.05, 0.1) is 6.04 Å². The summed E-state index contributed by atoms with van der Waals surface area (Å²) >= 11 is 0. The van der Waals surface area contributed by atoms with Gasteiger partial charge in [-0.15, -0.1) is 0 Å². The molecule has 6 nitrogen and oxygen atoms in total. The summed E-state index contributed by atoms with van der Waals surface area (Å²) in [5.74, 6) is -0.423. The number of aromatic nitrogens is 1. The first-order valence-electron chi connectivity index (χ1n) is 12.1. The summed E-state index contributed by atoms with van der Waals surface area (Å²) in [5.41, 5.74) is 4.32. The highest BCUT2D eigenvalue weighted by molar-refractivity contribution is 5.99. The predicted octanol–water partition coefficient (Wildman–Crippen LogP) is 4.44. The molecule has 1 aliphatic heterocycles. The molecular weight excluding hydrogens is 455 g/mol. The van der Waals surface area contributed by atoms with Crippen LogP contribution in [0.5, 0.6) is 0 Å². The van der Waals surface area contributed by atoms with Gasteiger partial charge in [0, 0.05) is 44.1 Å². The first kappa shape index (κ1) is 23.8. The molecule has 1 fully saturated rings. The zero-order valence-corrected chi connectivity index (χ0v) is 20.4. The number of rotatable bonds is 6. The van der Waals surface area contributed by atoms with Crippen molar-refractivity contribution < 1.29 is 14.0 Å². The maximum absolute atomic E-state index is 13.4. The van der Waals surface area contributed by atoms with Crippen LogP contribution in [0.3, 0.4) is 0 Å². The fourth-order valence-corrected chi connectivity index (χ4v) is 5.01. The highest BCUT2D eigenvalue weighted by Gasteiger charge is 2.39. The number of aromatic amines is 1. The van der Waals surface area contributed by atoms with Crippen LogP contribution in [0.1, 0.15) is 22.5 Å². The number of H-pyrrole nitrogens is 1. The Kier molecular flexibility index (Phi) is 6.57. The van der Waals surface area contributed by atoms with E-state index in [1.54, 1.807) is 31.1 Å². The second-order valence-corrected chi connectivity index (χ2v) is 9.34. The van der Waals surface area contributed by atoms with Crippen molar-refractivity contribution in [2.45, 2.75) is 25.0 Å². The highest BCUT2D eigenvalue weighted by atomic mass is 19.1. The number of fused-ring (bicyclic) bond motifs is 1. The number of carbonyl (C=O) groups is 2. The molecule has 0 saturated carbocycles. The average molecular weight is 485 g/mol. The van der Waals surface area contributed by atoms with Crippen molar-refractivity contribution in [1.29, 1.82) is 0 Å². The molecule has 5 rings (SSSR count). The van der Waals surface area contributed by atoms with E-state index in [0.717, 1.165) is 27.6 Å². The number of nitrogens with zero attached hydrogens (tertiary/aromatic N) is 2. The Labute approximate surface area is 209 Å². The fourth-order valence-electron chi connectivity index (χ4n) is 5.01. The van der Waals surface area contributed by atoms with Crippen molar-refractivity contribution in [3.63, 3.8) is 0 Å². The van der Waals surface area contributed by atoms with E-state index in [9.17, 15) is 14.0 Å². The molecule has 2 N–H and O–H groups in total. The van der Waals surface area contributed by atoms with Gasteiger partial charge in [-0.3, -0.25) is 14.5 Å². The van der Waals surface area contributed by atoms with Crippen LogP contribution in [-0.4, -0.2) is 59.3 Å². The molecule has 36 heavy (non-hydrogen) atoms. The van der Waals surface area contributed by atoms with Crippen molar-refractivity contribution in [1.82, 2.24) is 20.1 Å². The van der Waals surface area contributed by atoms with Crippen LogP contribution >= 0.6 is 0 Å². The van der Waals surface area contributed by atoms with E-state index < -0.39 is 0 Å². The minimum atomic E-state index is -0.295. The van der Waals surface area contributed by atoms with Gasteiger partial charge in [-0.1, -0.05) is 54.6 Å². The topological polar surface area (TPSA) is 68.4 Å². The summed E-state index contributed by atoms with van der Waals surface area (Å²) in [6, 6.07) is 23.8.